The Balaban J connectivity index is 1.16. The zero-order chi connectivity index (χ0) is 40.0. The number of fused-ring (bicyclic) bond motifs is 3. The third-order valence-corrected chi connectivity index (χ3v) is 15.1. The molecule has 1 aromatic heterocycles. The molecule has 7 rings (SSSR count). The Kier molecular flexibility index (Phi) is 10.8. The monoisotopic (exact) mass is 808 g/mol. The van der Waals surface area contributed by atoms with E-state index >= 15 is 0 Å². The van der Waals surface area contributed by atoms with Gasteiger partial charge in [0.2, 0.25) is 31.9 Å². The van der Waals surface area contributed by atoms with Gasteiger partial charge >= 0.3 is 0 Å². The Bertz CT molecular complexity index is 2250. The van der Waals surface area contributed by atoms with Crippen molar-refractivity contribution in [1.29, 1.82) is 0 Å². The number of benzene rings is 2. The Labute approximate surface area is 328 Å². The highest BCUT2D eigenvalue weighted by atomic mass is 32.2. The lowest BCUT2D eigenvalue weighted by molar-refractivity contribution is -0.142. The standard InChI is InChI=1S/C40H52N6O8S2/c1-26(2)46-32-19-13-18-31(43-55(50,51)25-28-15-10-8-11-16-28)34(32)41-38(46)54-30-22-33-35(47)42-40(37(49)44-56(52,53)39(4)20-21-39)23-29(40)17-12-7-5-6-9-14-27(3)36(48)45(33)24-30/h8,10-13,15-19,26-27,29-30,33,43H,5-7,9,14,20-25H2,1-4H3,(H,42,47)(H,44,49)/b17-12-/t27-,29+,30+,33-,40+/m0/s1. The van der Waals surface area contributed by atoms with Gasteiger partial charge in [0.05, 0.1) is 28.2 Å². The number of hydrogen-bond donors (Lipinski definition) is 3. The second kappa shape index (κ2) is 15.1. The third kappa shape index (κ3) is 8.04. The lowest BCUT2D eigenvalue weighted by atomic mass is 10.0. The highest BCUT2D eigenvalue weighted by Crippen LogP contribution is 2.47. The molecule has 56 heavy (non-hydrogen) atoms. The van der Waals surface area contributed by atoms with Gasteiger partial charge in [-0.05, 0) is 77.0 Å². The number of sulfonamides is 2. The normalized spacial score (nSPS) is 27.3. The number of aromatic nitrogens is 2. The minimum absolute atomic E-state index is 0.0778. The van der Waals surface area contributed by atoms with E-state index < -0.39 is 60.2 Å². The quantitative estimate of drug-likeness (QED) is 0.239. The maximum atomic E-state index is 14.3. The molecule has 14 nitrogen and oxygen atoms in total. The summed E-state index contributed by atoms with van der Waals surface area (Å²) in [6.07, 6.45) is 8.52. The number of allylic oxidation sites excluding steroid dienone is 1. The number of anilines is 1. The second-order valence-corrected chi connectivity index (χ2v) is 20.4. The van der Waals surface area contributed by atoms with Gasteiger partial charge in [-0.1, -0.05) is 68.3 Å². The van der Waals surface area contributed by atoms with E-state index in [-0.39, 0.29) is 49.0 Å². The zero-order valence-corrected chi connectivity index (χ0v) is 34.0. The summed E-state index contributed by atoms with van der Waals surface area (Å²) in [5, 5.41) is 2.92. The van der Waals surface area contributed by atoms with Gasteiger partial charge in [0.1, 0.15) is 23.2 Å². The molecular weight excluding hydrogens is 757 g/mol. The maximum Gasteiger partial charge on any atom is 0.298 e. The average molecular weight is 809 g/mol. The van der Waals surface area contributed by atoms with Crippen molar-refractivity contribution in [2.45, 2.75) is 120 Å². The van der Waals surface area contributed by atoms with E-state index in [2.05, 4.69) is 14.8 Å². The first kappa shape index (κ1) is 39.8. The molecule has 3 aromatic rings. The third-order valence-electron chi connectivity index (χ3n) is 11.7. The van der Waals surface area contributed by atoms with Crippen LogP contribution in [0.1, 0.15) is 97.1 Å². The van der Waals surface area contributed by atoms with Gasteiger partial charge in [-0.2, -0.15) is 4.98 Å². The summed E-state index contributed by atoms with van der Waals surface area (Å²) < 4.78 is 65.1. The minimum Gasteiger partial charge on any atom is -0.459 e. The highest BCUT2D eigenvalue weighted by Gasteiger charge is 2.63. The molecule has 2 aliphatic carbocycles. The van der Waals surface area contributed by atoms with Gasteiger partial charge in [-0.3, -0.25) is 28.4 Å². The van der Waals surface area contributed by atoms with Crippen molar-refractivity contribution >= 4 is 54.5 Å². The van der Waals surface area contributed by atoms with E-state index in [1.54, 1.807) is 43.3 Å². The van der Waals surface area contributed by atoms with E-state index in [0.29, 0.717) is 41.5 Å². The largest absolute Gasteiger partial charge is 0.459 e. The van der Waals surface area contributed by atoms with Gasteiger partial charge in [-0.15, -0.1) is 0 Å². The fraction of sp³-hybridized carbons (Fsp3) is 0.550. The van der Waals surface area contributed by atoms with Gasteiger partial charge in [0.25, 0.3) is 11.9 Å². The highest BCUT2D eigenvalue weighted by molar-refractivity contribution is 7.92. The van der Waals surface area contributed by atoms with Crippen LogP contribution in [0.25, 0.3) is 11.0 Å². The van der Waals surface area contributed by atoms with Crippen molar-refractivity contribution in [2.75, 3.05) is 11.3 Å². The summed E-state index contributed by atoms with van der Waals surface area (Å²) in [6, 6.07) is 13.1. The van der Waals surface area contributed by atoms with Crippen LogP contribution in [0.4, 0.5) is 5.69 Å². The lowest BCUT2D eigenvalue weighted by Gasteiger charge is -2.28. The fourth-order valence-corrected chi connectivity index (χ4v) is 10.4. The number of ether oxygens (including phenoxy) is 1. The van der Waals surface area contributed by atoms with E-state index in [1.165, 1.54) is 4.90 Å². The molecule has 0 bridgehead atoms. The molecule has 2 aromatic carbocycles. The van der Waals surface area contributed by atoms with Crippen molar-refractivity contribution in [3.05, 3.63) is 66.2 Å². The Morgan fingerprint density at radius 1 is 1.04 bits per heavy atom. The molecule has 5 atom stereocenters. The summed E-state index contributed by atoms with van der Waals surface area (Å²) in [4.78, 5) is 48.5. The van der Waals surface area contributed by atoms with Crippen LogP contribution < -0.4 is 19.5 Å². The number of carbonyl (C=O) groups is 3. The summed E-state index contributed by atoms with van der Waals surface area (Å²) in [7, 11) is -7.77. The first-order valence-corrected chi connectivity index (χ1v) is 22.7. The number of rotatable bonds is 10. The van der Waals surface area contributed by atoms with Crippen LogP contribution in [0.2, 0.25) is 0 Å². The van der Waals surface area contributed by atoms with Crippen LogP contribution in [0, 0.1) is 11.8 Å². The number of imidazole rings is 1. The molecule has 16 heteroatoms. The van der Waals surface area contributed by atoms with Gasteiger partial charge in [-0.25, -0.2) is 16.8 Å². The molecule has 0 spiro atoms. The molecule has 0 unspecified atom stereocenters. The molecule has 302 valence electrons. The van der Waals surface area contributed by atoms with Crippen LogP contribution in [-0.2, 0) is 40.2 Å². The molecule has 3 fully saturated rings. The molecule has 3 amide bonds. The average Bonchev–Trinajstić information content (AvgIpc) is 3.96. The van der Waals surface area contributed by atoms with Crippen LogP contribution in [0.15, 0.2) is 60.7 Å². The predicted molar refractivity (Wildman–Crippen MR) is 212 cm³/mol. The SMILES string of the molecule is CC(C)n1c(O[C@@H]2C[C@H]3C(=O)N[C@]4(C(=O)NS(=O)(=O)C5(C)CC5)C[C@H]4/C=C\CCCCC[C@H](C)C(=O)N3C2)nc2c(NS(=O)(=O)Cc3ccccc3)cccc21. The van der Waals surface area contributed by atoms with Crippen molar-refractivity contribution in [3.8, 4) is 6.01 Å². The van der Waals surface area contributed by atoms with Crippen LogP contribution in [0.5, 0.6) is 6.01 Å². The van der Waals surface area contributed by atoms with E-state index in [0.717, 1.165) is 25.7 Å². The van der Waals surface area contributed by atoms with Gasteiger partial charge in [0.15, 0.2) is 0 Å². The van der Waals surface area contributed by atoms with Crippen LogP contribution in [0.3, 0.4) is 0 Å². The number of para-hydroxylation sites is 1. The van der Waals surface area contributed by atoms with Crippen molar-refractivity contribution in [1.82, 2.24) is 24.5 Å². The number of hydrogen-bond acceptors (Lipinski definition) is 9. The van der Waals surface area contributed by atoms with Crippen molar-refractivity contribution in [3.63, 3.8) is 0 Å². The summed E-state index contributed by atoms with van der Waals surface area (Å²) in [6.45, 7) is 7.44. The molecule has 4 aliphatic rings. The summed E-state index contributed by atoms with van der Waals surface area (Å²) in [5.74, 6) is -2.52. The van der Waals surface area contributed by atoms with Crippen molar-refractivity contribution in [2.24, 2.45) is 11.8 Å². The second-order valence-electron chi connectivity index (χ2n) is 16.5. The Hall–Kier alpha value is -4.44. The predicted octanol–water partition coefficient (Wildman–Crippen LogP) is 4.94. The van der Waals surface area contributed by atoms with E-state index in [9.17, 15) is 31.2 Å². The molecule has 1 saturated heterocycles. The van der Waals surface area contributed by atoms with Crippen LogP contribution in [-0.4, -0.2) is 78.0 Å². The first-order valence-electron chi connectivity index (χ1n) is 19.6. The van der Waals surface area contributed by atoms with Crippen LogP contribution >= 0.6 is 0 Å². The van der Waals surface area contributed by atoms with Gasteiger partial charge < -0.3 is 15.0 Å². The molecule has 3 N–H and O–H groups in total. The Morgan fingerprint density at radius 2 is 1.79 bits per heavy atom. The zero-order valence-electron chi connectivity index (χ0n) is 32.4. The minimum atomic E-state index is -3.96. The smallest absolute Gasteiger partial charge is 0.298 e. The molecule has 2 saturated carbocycles. The Morgan fingerprint density at radius 3 is 2.50 bits per heavy atom. The van der Waals surface area contributed by atoms with Gasteiger partial charge in [0, 0.05) is 24.3 Å². The fourth-order valence-electron chi connectivity index (χ4n) is 7.90. The summed E-state index contributed by atoms with van der Waals surface area (Å²) >= 11 is 0. The van der Waals surface area contributed by atoms with E-state index in [1.807, 2.05) is 49.6 Å². The van der Waals surface area contributed by atoms with Crippen molar-refractivity contribution < 1.29 is 36.0 Å². The number of nitrogens with one attached hydrogen (secondary N) is 3. The molecule has 2 aliphatic heterocycles. The lowest BCUT2D eigenvalue weighted by Crippen LogP contribution is -2.57. The number of carbonyl (C=O) groups excluding carboxylic acids is 3. The molecule has 3 heterocycles. The van der Waals surface area contributed by atoms with E-state index in [4.69, 9.17) is 9.72 Å². The topological polar surface area (TPSA) is 186 Å². The number of amides is 3. The molecular formula is C40H52N6O8S2. The first-order chi connectivity index (χ1) is 26.5. The molecule has 0 radical (unpaired) electrons. The maximum absolute atomic E-state index is 14.3. The number of nitrogens with zero attached hydrogens (tertiary/aromatic N) is 3. The summed E-state index contributed by atoms with van der Waals surface area (Å²) in [5.41, 5.74) is 0.485.